The highest BCUT2D eigenvalue weighted by molar-refractivity contribution is 5.79. The minimum absolute atomic E-state index is 0.597. The number of aromatic nitrogens is 1. The van der Waals surface area contributed by atoms with Gasteiger partial charge in [0.2, 0.25) is 0 Å². The summed E-state index contributed by atoms with van der Waals surface area (Å²) in [5, 5.41) is 6.76. The summed E-state index contributed by atoms with van der Waals surface area (Å²) in [6.45, 7) is 14.0. The molecular weight excluding hydrogens is 400 g/mol. The predicted molar refractivity (Wildman–Crippen MR) is 133 cm³/mol. The molecule has 7 heteroatoms. The molecule has 0 unspecified atom stereocenters. The molecule has 32 heavy (non-hydrogen) atoms. The van der Waals surface area contributed by atoms with Crippen molar-refractivity contribution in [2.45, 2.75) is 33.7 Å². The molecule has 0 amide bonds. The van der Waals surface area contributed by atoms with E-state index in [0.717, 1.165) is 75.3 Å². The number of pyridine rings is 1. The Morgan fingerprint density at radius 1 is 1.09 bits per heavy atom. The van der Waals surface area contributed by atoms with Crippen molar-refractivity contribution in [2.75, 3.05) is 57.8 Å². The van der Waals surface area contributed by atoms with E-state index in [9.17, 15) is 0 Å². The van der Waals surface area contributed by atoms with Crippen LogP contribution in [0.5, 0.6) is 5.75 Å². The zero-order valence-electron chi connectivity index (χ0n) is 20.0. The maximum absolute atomic E-state index is 5.49. The van der Waals surface area contributed by atoms with Gasteiger partial charge in [0.25, 0.3) is 0 Å². The van der Waals surface area contributed by atoms with E-state index >= 15 is 0 Å². The number of methoxy groups -OCH3 is 1. The number of piperazine rings is 1. The summed E-state index contributed by atoms with van der Waals surface area (Å²) in [6, 6.07) is 10.5. The molecule has 7 nitrogen and oxygen atoms in total. The zero-order valence-corrected chi connectivity index (χ0v) is 20.0. The van der Waals surface area contributed by atoms with Crippen molar-refractivity contribution in [3.05, 3.63) is 53.2 Å². The minimum Gasteiger partial charge on any atom is -0.496 e. The first-order chi connectivity index (χ1) is 15.6. The van der Waals surface area contributed by atoms with Crippen LogP contribution in [0.25, 0.3) is 0 Å². The summed E-state index contributed by atoms with van der Waals surface area (Å²) in [4.78, 5) is 14.3. The van der Waals surface area contributed by atoms with Crippen molar-refractivity contribution >= 4 is 11.8 Å². The monoisotopic (exact) mass is 438 g/mol. The molecule has 3 rings (SSSR count). The zero-order chi connectivity index (χ0) is 22.8. The molecule has 0 aliphatic carbocycles. The number of hydrogen-bond acceptors (Lipinski definition) is 5. The lowest BCUT2D eigenvalue weighted by atomic mass is 10.1. The lowest BCUT2D eigenvalue weighted by Gasteiger charge is -2.34. The van der Waals surface area contributed by atoms with E-state index in [4.69, 9.17) is 9.73 Å². The van der Waals surface area contributed by atoms with Gasteiger partial charge in [-0.15, -0.1) is 0 Å². The largest absolute Gasteiger partial charge is 0.496 e. The molecule has 174 valence electrons. The van der Waals surface area contributed by atoms with Gasteiger partial charge < -0.3 is 25.2 Å². The van der Waals surface area contributed by atoms with Crippen LogP contribution in [0.2, 0.25) is 0 Å². The second-order valence-electron chi connectivity index (χ2n) is 8.13. The Morgan fingerprint density at radius 2 is 1.91 bits per heavy atom. The van der Waals surface area contributed by atoms with Gasteiger partial charge in [0.1, 0.15) is 11.6 Å². The summed E-state index contributed by atoms with van der Waals surface area (Å²) < 4.78 is 5.49. The minimum atomic E-state index is 0.597. The Balaban J connectivity index is 1.53. The van der Waals surface area contributed by atoms with Gasteiger partial charge in [-0.05, 0) is 50.1 Å². The van der Waals surface area contributed by atoms with Gasteiger partial charge >= 0.3 is 0 Å². The number of guanidine groups is 1. The molecule has 2 heterocycles. The summed E-state index contributed by atoms with van der Waals surface area (Å²) >= 11 is 0. The molecular formula is C25H38N6O. The second kappa shape index (κ2) is 12.3. The number of nitrogens with one attached hydrogen (secondary N) is 2. The highest BCUT2D eigenvalue weighted by Gasteiger charge is 2.16. The Hall–Kier alpha value is -2.80. The van der Waals surface area contributed by atoms with Gasteiger partial charge in [-0.25, -0.2) is 9.98 Å². The van der Waals surface area contributed by atoms with Gasteiger partial charge in [-0.2, -0.15) is 0 Å². The quantitative estimate of drug-likeness (QED) is 0.464. The van der Waals surface area contributed by atoms with E-state index in [2.05, 4.69) is 70.5 Å². The molecule has 0 spiro atoms. The van der Waals surface area contributed by atoms with Crippen LogP contribution < -0.4 is 20.3 Å². The Morgan fingerprint density at radius 3 is 2.56 bits per heavy atom. The Bertz CT molecular complexity index is 859. The van der Waals surface area contributed by atoms with E-state index in [1.54, 1.807) is 7.11 Å². The fourth-order valence-corrected chi connectivity index (χ4v) is 3.92. The first-order valence-corrected chi connectivity index (χ1v) is 11.7. The summed E-state index contributed by atoms with van der Waals surface area (Å²) in [5.41, 5.74) is 3.55. The van der Waals surface area contributed by atoms with Crippen molar-refractivity contribution in [2.24, 2.45) is 4.99 Å². The fraction of sp³-hybridized carbons (Fsp3) is 0.520. The number of aliphatic imine (C=N–C) groups is 1. The first kappa shape index (κ1) is 23.9. The van der Waals surface area contributed by atoms with Crippen molar-refractivity contribution < 1.29 is 4.74 Å². The van der Waals surface area contributed by atoms with Gasteiger partial charge in [0.05, 0.1) is 13.7 Å². The molecule has 2 N–H and O–H groups in total. The lowest BCUT2D eigenvalue weighted by Crippen LogP contribution is -2.46. The van der Waals surface area contributed by atoms with E-state index < -0.39 is 0 Å². The molecule has 0 atom stereocenters. The molecule has 1 aromatic carbocycles. The molecule has 0 saturated carbocycles. The highest BCUT2D eigenvalue weighted by Crippen LogP contribution is 2.19. The molecule has 0 bridgehead atoms. The molecule has 1 aliphatic heterocycles. The average molecular weight is 439 g/mol. The van der Waals surface area contributed by atoms with Crippen LogP contribution in [-0.4, -0.2) is 68.8 Å². The van der Waals surface area contributed by atoms with Gasteiger partial charge in [0, 0.05) is 45.5 Å². The van der Waals surface area contributed by atoms with Crippen LogP contribution in [0.4, 0.5) is 5.82 Å². The van der Waals surface area contributed by atoms with E-state index in [0.29, 0.717) is 6.54 Å². The predicted octanol–water partition coefficient (Wildman–Crippen LogP) is 2.84. The second-order valence-corrected chi connectivity index (χ2v) is 8.13. The highest BCUT2D eigenvalue weighted by atomic mass is 16.5. The fourth-order valence-electron chi connectivity index (χ4n) is 3.92. The summed E-state index contributed by atoms with van der Waals surface area (Å²) in [7, 11) is 1.72. The molecule has 1 saturated heterocycles. The number of ether oxygens (including phenoxy) is 1. The van der Waals surface area contributed by atoms with Gasteiger partial charge in [0.15, 0.2) is 5.96 Å². The van der Waals surface area contributed by atoms with E-state index in [-0.39, 0.29) is 0 Å². The SMILES string of the molecule is CCNC(=NCc1ccc(N2CCN(CC)CC2)nc1)NCCc1cc(C)ccc1OC. The van der Waals surface area contributed by atoms with Crippen LogP contribution >= 0.6 is 0 Å². The van der Waals surface area contributed by atoms with E-state index in [1.165, 1.54) is 11.1 Å². The molecule has 1 aliphatic rings. The van der Waals surface area contributed by atoms with Crippen molar-refractivity contribution in [1.29, 1.82) is 0 Å². The third kappa shape index (κ3) is 6.85. The first-order valence-electron chi connectivity index (χ1n) is 11.7. The van der Waals surface area contributed by atoms with Crippen LogP contribution in [0, 0.1) is 6.92 Å². The Labute approximate surface area is 192 Å². The number of likely N-dealkylation sites (N-methyl/N-ethyl adjacent to an activating group) is 1. The number of benzene rings is 1. The van der Waals surface area contributed by atoms with Gasteiger partial charge in [-0.3, -0.25) is 0 Å². The summed E-state index contributed by atoms with van der Waals surface area (Å²) in [6.07, 6.45) is 2.82. The van der Waals surface area contributed by atoms with Crippen LogP contribution in [0.3, 0.4) is 0 Å². The van der Waals surface area contributed by atoms with E-state index in [1.807, 2.05) is 12.3 Å². The normalized spacial score (nSPS) is 15.0. The average Bonchev–Trinajstić information content (AvgIpc) is 2.83. The third-order valence-corrected chi connectivity index (χ3v) is 5.84. The molecule has 1 aromatic heterocycles. The molecule has 1 fully saturated rings. The van der Waals surface area contributed by atoms with Crippen molar-refractivity contribution in [3.63, 3.8) is 0 Å². The Kier molecular flexibility index (Phi) is 9.16. The van der Waals surface area contributed by atoms with Crippen LogP contribution in [0.1, 0.15) is 30.5 Å². The van der Waals surface area contributed by atoms with Crippen molar-refractivity contribution in [1.82, 2.24) is 20.5 Å². The number of hydrogen-bond donors (Lipinski definition) is 2. The molecule has 0 radical (unpaired) electrons. The topological polar surface area (TPSA) is 65.0 Å². The summed E-state index contributed by atoms with van der Waals surface area (Å²) in [5.74, 6) is 2.81. The maximum atomic E-state index is 5.49. The number of rotatable bonds is 9. The maximum Gasteiger partial charge on any atom is 0.191 e. The number of nitrogens with zero attached hydrogens (tertiary/aromatic N) is 4. The van der Waals surface area contributed by atoms with Crippen molar-refractivity contribution in [3.8, 4) is 5.75 Å². The number of anilines is 1. The third-order valence-electron chi connectivity index (χ3n) is 5.84. The standard InChI is InChI=1S/C25H38N6O/c1-5-26-25(27-12-11-22-17-20(3)7-9-23(22)32-4)29-19-21-8-10-24(28-18-21)31-15-13-30(6-2)14-16-31/h7-10,17-18H,5-6,11-16,19H2,1-4H3,(H2,26,27,29). The molecule has 2 aromatic rings. The number of aryl methyl sites for hydroxylation is 1. The van der Waals surface area contributed by atoms with Crippen LogP contribution in [0.15, 0.2) is 41.5 Å². The van der Waals surface area contributed by atoms with Gasteiger partial charge in [-0.1, -0.05) is 30.7 Å². The lowest BCUT2D eigenvalue weighted by molar-refractivity contribution is 0.270. The van der Waals surface area contributed by atoms with Crippen LogP contribution in [-0.2, 0) is 13.0 Å². The smallest absolute Gasteiger partial charge is 0.191 e.